The Morgan fingerprint density at radius 1 is 1.46 bits per heavy atom. The van der Waals surface area contributed by atoms with Crippen LogP contribution in [-0.4, -0.2) is 35.0 Å². The highest BCUT2D eigenvalue weighted by Gasteiger charge is 2.47. The first-order valence-corrected chi connectivity index (χ1v) is 10.0. The van der Waals surface area contributed by atoms with Crippen molar-refractivity contribution in [1.82, 2.24) is 4.98 Å². The summed E-state index contributed by atoms with van der Waals surface area (Å²) in [6.45, 7) is 1.01. The third kappa shape index (κ3) is 3.10. The van der Waals surface area contributed by atoms with Gasteiger partial charge in [-0.3, -0.25) is 9.79 Å². The Hall–Kier alpha value is -1.97. The number of anilines is 1. The number of hydrogen-bond donors (Lipinski definition) is 2. The number of nitrogens with one attached hydrogen (secondary N) is 1. The van der Waals surface area contributed by atoms with Gasteiger partial charge in [0.2, 0.25) is 0 Å². The molecule has 2 aliphatic heterocycles. The lowest BCUT2D eigenvalue weighted by Gasteiger charge is -2.44. The normalized spacial score (nSPS) is 25.3. The zero-order chi connectivity index (χ0) is 18.1. The lowest BCUT2D eigenvalue weighted by molar-refractivity contribution is 0.00886. The van der Waals surface area contributed by atoms with Crippen LogP contribution in [0.3, 0.4) is 0 Å². The molecule has 2 aromatic rings. The number of hydrogen-bond acceptors (Lipinski definition) is 7. The van der Waals surface area contributed by atoms with Gasteiger partial charge >= 0.3 is 0 Å². The molecule has 1 amide bonds. The molecular formula is C17H17FN4O2S2. The van der Waals surface area contributed by atoms with Crippen LogP contribution in [0.4, 0.5) is 10.1 Å². The zero-order valence-corrected chi connectivity index (χ0v) is 15.4. The van der Waals surface area contributed by atoms with Gasteiger partial charge in [-0.15, -0.1) is 11.3 Å². The summed E-state index contributed by atoms with van der Waals surface area (Å²) in [5, 5.41) is 5.32. The van der Waals surface area contributed by atoms with Crippen molar-refractivity contribution in [2.75, 3.05) is 24.3 Å². The first kappa shape index (κ1) is 17.4. The standard InChI is InChI=1S/C17H17FN4O2S2/c18-13-2-1-11(21-14(23)15-20-4-6-25-15)7-12(13)17-3-5-24-8-10(17)9-26-16(19)22-17/h1-2,4,6-7,10H,3,5,8-9H2,(H2,19,22)(H,21,23). The van der Waals surface area contributed by atoms with Crippen LogP contribution in [0.2, 0.25) is 0 Å². The quantitative estimate of drug-likeness (QED) is 0.838. The van der Waals surface area contributed by atoms with Crippen LogP contribution in [0.5, 0.6) is 0 Å². The fourth-order valence-electron chi connectivity index (χ4n) is 3.41. The van der Waals surface area contributed by atoms with Gasteiger partial charge in [-0.1, -0.05) is 11.8 Å². The van der Waals surface area contributed by atoms with E-state index >= 15 is 0 Å². The molecule has 9 heteroatoms. The molecule has 1 fully saturated rings. The van der Waals surface area contributed by atoms with Crippen LogP contribution >= 0.6 is 23.1 Å². The van der Waals surface area contributed by atoms with Crippen LogP contribution in [0.25, 0.3) is 0 Å². The van der Waals surface area contributed by atoms with E-state index in [0.29, 0.717) is 41.1 Å². The average Bonchev–Trinajstić information content (AvgIpc) is 3.18. The number of halogens is 1. The summed E-state index contributed by atoms with van der Waals surface area (Å²) in [6.07, 6.45) is 2.12. The fourth-order valence-corrected chi connectivity index (χ4v) is 4.91. The van der Waals surface area contributed by atoms with E-state index in [-0.39, 0.29) is 17.6 Å². The van der Waals surface area contributed by atoms with Crippen molar-refractivity contribution in [3.63, 3.8) is 0 Å². The minimum atomic E-state index is -0.750. The second-order valence-corrected chi connectivity index (χ2v) is 8.13. The number of amides is 1. The molecule has 3 N–H and O–H groups in total. The van der Waals surface area contributed by atoms with Gasteiger partial charge in [-0.05, 0) is 18.2 Å². The molecule has 1 aromatic heterocycles. The first-order chi connectivity index (χ1) is 12.6. The van der Waals surface area contributed by atoms with Gasteiger partial charge < -0.3 is 15.8 Å². The van der Waals surface area contributed by atoms with Crippen molar-refractivity contribution in [3.05, 3.63) is 46.2 Å². The van der Waals surface area contributed by atoms with Gasteiger partial charge in [0, 0.05) is 47.5 Å². The van der Waals surface area contributed by atoms with Gasteiger partial charge in [0.1, 0.15) is 5.82 Å². The number of amidine groups is 1. The second-order valence-electron chi connectivity index (χ2n) is 6.19. The van der Waals surface area contributed by atoms with Gasteiger partial charge in [0.25, 0.3) is 5.91 Å². The fraction of sp³-hybridized carbons (Fsp3) is 0.353. The van der Waals surface area contributed by atoms with Crippen molar-refractivity contribution in [3.8, 4) is 0 Å². The van der Waals surface area contributed by atoms with E-state index in [9.17, 15) is 9.18 Å². The molecular weight excluding hydrogens is 375 g/mol. The number of thiazole rings is 1. The number of carbonyl (C=O) groups is 1. The Kier molecular flexibility index (Phi) is 4.68. The Bertz CT molecular complexity index is 858. The van der Waals surface area contributed by atoms with Gasteiger partial charge in [0.05, 0.1) is 12.1 Å². The molecule has 1 aromatic carbocycles. The number of thioether (sulfide) groups is 1. The predicted molar refractivity (Wildman–Crippen MR) is 101 cm³/mol. The summed E-state index contributed by atoms with van der Waals surface area (Å²) in [7, 11) is 0. The number of fused-ring (bicyclic) bond motifs is 1. The number of aliphatic imine (C=N–C) groups is 1. The Labute approximate surface area is 158 Å². The predicted octanol–water partition coefficient (Wildman–Crippen LogP) is 2.83. The molecule has 6 nitrogen and oxygen atoms in total. The summed E-state index contributed by atoms with van der Waals surface area (Å²) in [5.74, 6) is 0.0890. The molecule has 1 saturated heterocycles. The van der Waals surface area contributed by atoms with E-state index in [0.717, 1.165) is 5.75 Å². The summed E-state index contributed by atoms with van der Waals surface area (Å²) in [4.78, 5) is 20.9. The minimum absolute atomic E-state index is 0.0352. The highest BCUT2D eigenvalue weighted by atomic mass is 32.2. The number of carbonyl (C=O) groups excluding carboxylic acids is 1. The SMILES string of the molecule is NC1=NC2(c3cc(NC(=O)c4nccs4)ccc3F)CCOCC2CS1. The molecule has 2 aliphatic rings. The number of aromatic nitrogens is 1. The van der Waals surface area contributed by atoms with Crippen molar-refractivity contribution >= 4 is 39.9 Å². The third-order valence-corrected chi connectivity index (χ3v) is 6.41. The van der Waals surface area contributed by atoms with Crippen molar-refractivity contribution in [2.24, 2.45) is 16.6 Å². The monoisotopic (exact) mass is 392 g/mol. The molecule has 136 valence electrons. The van der Waals surface area contributed by atoms with Crippen molar-refractivity contribution < 1.29 is 13.9 Å². The maximum Gasteiger partial charge on any atom is 0.284 e. The smallest absolute Gasteiger partial charge is 0.284 e. The largest absolute Gasteiger partial charge is 0.381 e. The average molecular weight is 392 g/mol. The highest BCUT2D eigenvalue weighted by molar-refractivity contribution is 8.13. The maximum atomic E-state index is 14.8. The van der Waals surface area contributed by atoms with Crippen LogP contribution in [0.15, 0.2) is 34.8 Å². The van der Waals surface area contributed by atoms with Crippen LogP contribution in [-0.2, 0) is 10.3 Å². The van der Waals surface area contributed by atoms with E-state index in [2.05, 4.69) is 15.3 Å². The molecule has 0 saturated carbocycles. The number of nitrogens with two attached hydrogens (primary N) is 1. The summed E-state index contributed by atoms with van der Waals surface area (Å²) < 4.78 is 20.4. The molecule has 0 radical (unpaired) electrons. The Balaban J connectivity index is 1.71. The van der Waals surface area contributed by atoms with Crippen LogP contribution in [0, 0.1) is 11.7 Å². The lowest BCUT2D eigenvalue weighted by atomic mass is 9.75. The van der Waals surface area contributed by atoms with E-state index in [1.807, 2.05) is 0 Å². The second kappa shape index (κ2) is 6.98. The molecule has 2 atom stereocenters. The van der Waals surface area contributed by atoms with Crippen LogP contribution < -0.4 is 11.1 Å². The number of benzene rings is 1. The summed E-state index contributed by atoms with van der Waals surface area (Å²) in [5.41, 5.74) is 6.18. The lowest BCUT2D eigenvalue weighted by Crippen LogP contribution is -2.47. The van der Waals surface area contributed by atoms with Gasteiger partial charge in [-0.25, -0.2) is 9.37 Å². The number of nitrogens with zero attached hydrogens (tertiary/aromatic N) is 2. The van der Waals surface area contributed by atoms with E-state index in [1.54, 1.807) is 23.7 Å². The maximum absolute atomic E-state index is 14.8. The molecule has 4 rings (SSSR count). The zero-order valence-electron chi connectivity index (χ0n) is 13.8. The molecule has 0 spiro atoms. The van der Waals surface area contributed by atoms with E-state index < -0.39 is 5.54 Å². The number of ether oxygens (including phenoxy) is 1. The van der Waals surface area contributed by atoms with Crippen LogP contribution in [0.1, 0.15) is 21.8 Å². The van der Waals surface area contributed by atoms with Gasteiger partial charge in [0.15, 0.2) is 10.2 Å². The Morgan fingerprint density at radius 3 is 3.15 bits per heavy atom. The molecule has 26 heavy (non-hydrogen) atoms. The summed E-state index contributed by atoms with van der Waals surface area (Å²) in [6, 6.07) is 4.56. The Morgan fingerprint density at radius 2 is 2.35 bits per heavy atom. The molecule has 0 aliphatic carbocycles. The van der Waals surface area contributed by atoms with Crippen molar-refractivity contribution in [1.29, 1.82) is 0 Å². The van der Waals surface area contributed by atoms with Crippen molar-refractivity contribution in [2.45, 2.75) is 12.0 Å². The molecule has 0 bridgehead atoms. The van der Waals surface area contributed by atoms with Gasteiger partial charge in [-0.2, -0.15) is 0 Å². The topological polar surface area (TPSA) is 89.6 Å². The molecule has 2 unspecified atom stereocenters. The first-order valence-electron chi connectivity index (χ1n) is 8.15. The summed E-state index contributed by atoms with van der Waals surface area (Å²) >= 11 is 2.71. The number of rotatable bonds is 3. The minimum Gasteiger partial charge on any atom is -0.381 e. The van der Waals surface area contributed by atoms with E-state index in [4.69, 9.17) is 10.5 Å². The van der Waals surface area contributed by atoms with E-state index in [1.165, 1.54) is 29.2 Å². The highest BCUT2D eigenvalue weighted by Crippen LogP contribution is 2.46. The molecule has 3 heterocycles. The third-order valence-electron chi connectivity index (χ3n) is 4.68.